The zero-order valence-corrected chi connectivity index (χ0v) is 13.1. The molecule has 0 aromatic heterocycles. The number of aliphatic hydroxyl groups is 1. The van der Waals surface area contributed by atoms with E-state index in [9.17, 15) is 19.1 Å². The standard InChI is InChI=1S/C16H23FN2O3/c1-10(2)14(20)9-15(21)18-6-7-19-16(22)12-5-4-11(3)13(17)8-12/h4-5,8,10,14,20H,6-7,9H2,1-3H3,(H,18,21)(H,19,22). The number of amides is 2. The number of benzene rings is 1. The van der Waals surface area contributed by atoms with Gasteiger partial charge in [-0.2, -0.15) is 0 Å². The number of nitrogens with one attached hydrogen (secondary N) is 2. The first-order valence-electron chi connectivity index (χ1n) is 7.30. The molecular formula is C16H23FN2O3. The average molecular weight is 310 g/mol. The second kappa shape index (κ2) is 8.48. The molecule has 0 aliphatic rings. The van der Waals surface area contributed by atoms with E-state index in [4.69, 9.17) is 0 Å². The minimum Gasteiger partial charge on any atom is -0.392 e. The third-order valence-corrected chi connectivity index (χ3v) is 3.33. The monoisotopic (exact) mass is 310 g/mol. The number of carbonyl (C=O) groups is 2. The van der Waals surface area contributed by atoms with Crippen LogP contribution in [0.25, 0.3) is 0 Å². The average Bonchev–Trinajstić information content (AvgIpc) is 2.46. The van der Waals surface area contributed by atoms with Crippen LogP contribution in [0, 0.1) is 18.7 Å². The second-order valence-corrected chi connectivity index (χ2v) is 5.59. The summed E-state index contributed by atoms with van der Waals surface area (Å²) in [6, 6.07) is 4.27. The Morgan fingerprint density at radius 1 is 1.23 bits per heavy atom. The van der Waals surface area contributed by atoms with E-state index >= 15 is 0 Å². The van der Waals surface area contributed by atoms with E-state index in [0.29, 0.717) is 5.56 Å². The molecule has 1 atom stereocenters. The number of aliphatic hydroxyl groups excluding tert-OH is 1. The molecule has 0 saturated carbocycles. The summed E-state index contributed by atoms with van der Waals surface area (Å²) >= 11 is 0. The van der Waals surface area contributed by atoms with Crippen molar-refractivity contribution in [3.8, 4) is 0 Å². The van der Waals surface area contributed by atoms with Gasteiger partial charge in [0.2, 0.25) is 5.91 Å². The summed E-state index contributed by atoms with van der Waals surface area (Å²) in [7, 11) is 0. The van der Waals surface area contributed by atoms with Gasteiger partial charge < -0.3 is 15.7 Å². The summed E-state index contributed by atoms with van der Waals surface area (Å²) in [4.78, 5) is 23.3. The van der Waals surface area contributed by atoms with Crippen LogP contribution in [0.2, 0.25) is 0 Å². The summed E-state index contributed by atoms with van der Waals surface area (Å²) < 4.78 is 13.4. The van der Waals surface area contributed by atoms with E-state index in [0.717, 1.165) is 0 Å². The van der Waals surface area contributed by atoms with E-state index in [2.05, 4.69) is 10.6 Å². The maximum atomic E-state index is 13.4. The third kappa shape index (κ3) is 5.81. The Balaban J connectivity index is 2.30. The lowest BCUT2D eigenvalue weighted by Crippen LogP contribution is -2.36. The van der Waals surface area contributed by atoms with Gasteiger partial charge in [-0.25, -0.2) is 4.39 Å². The van der Waals surface area contributed by atoms with Crippen LogP contribution in [0.5, 0.6) is 0 Å². The summed E-state index contributed by atoms with van der Waals surface area (Å²) in [5.74, 6) is -1.07. The molecular weight excluding hydrogens is 287 g/mol. The van der Waals surface area contributed by atoms with Crippen LogP contribution in [0.3, 0.4) is 0 Å². The molecule has 0 fully saturated rings. The molecule has 0 spiro atoms. The quantitative estimate of drug-likeness (QED) is 0.666. The van der Waals surface area contributed by atoms with Crippen molar-refractivity contribution in [2.75, 3.05) is 13.1 Å². The number of carbonyl (C=O) groups excluding carboxylic acids is 2. The fourth-order valence-electron chi connectivity index (χ4n) is 1.71. The first-order chi connectivity index (χ1) is 10.3. The van der Waals surface area contributed by atoms with Crippen LogP contribution >= 0.6 is 0 Å². The third-order valence-electron chi connectivity index (χ3n) is 3.33. The van der Waals surface area contributed by atoms with Crippen LogP contribution in [-0.2, 0) is 4.79 Å². The van der Waals surface area contributed by atoms with Gasteiger partial charge in [0.15, 0.2) is 0 Å². The molecule has 0 heterocycles. The van der Waals surface area contributed by atoms with Gasteiger partial charge in [-0.05, 0) is 30.5 Å². The van der Waals surface area contributed by atoms with Crippen LogP contribution in [-0.4, -0.2) is 36.1 Å². The number of hydrogen-bond donors (Lipinski definition) is 3. The minimum atomic E-state index is -0.676. The maximum absolute atomic E-state index is 13.4. The van der Waals surface area contributed by atoms with E-state index in [1.54, 1.807) is 19.1 Å². The molecule has 22 heavy (non-hydrogen) atoms. The highest BCUT2D eigenvalue weighted by Crippen LogP contribution is 2.08. The van der Waals surface area contributed by atoms with Crippen molar-refractivity contribution in [1.82, 2.24) is 10.6 Å². The zero-order valence-electron chi connectivity index (χ0n) is 13.1. The highest BCUT2D eigenvalue weighted by molar-refractivity contribution is 5.94. The largest absolute Gasteiger partial charge is 0.392 e. The maximum Gasteiger partial charge on any atom is 0.251 e. The van der Waals surface area contributed by atoms with Gasteiger partial charge in [0.25, 0.3) is 5.91 Å². The van der Waals surface area contributed by atoms with Gasteiger partial charge >= 0.3 is 0 Å². The van der Waals surface area contributed by atoms with Crippen molar-refractivity contribution < 1.29 is 19.1 Å². The van der Waals surface area contributed by atoms with Crippen molar-refractivity contribution in [2.45, 2.75) is 33.3 Å². The normalized spacial score (nSPS) is 12.1. The molecule has 0 bridgehead atoms. The molecule has 1 rings (SSSR count). The molecule has 5 nitrogen and oxygen atoms in total. The van der Waals surface area contributed by atoms with Crippen LogP contribution < -0.4 is 10.6 Å². The zero-order chi connectivity index (χ0) is 16.7. The van der Waals surface area contributed by atoms with Gasteiger partial charge in [0, 0.05) is 18.7 Å². The van der Waals surface area contributed by atoms with Gasteiger partial charge in [-0.15, -0.1) is 0 Å². The van der Waals surface area contributed by atoms with Gasteiger partial charge in [-0.3, -0.25) is 9.59 Å². The molecule has 0 aliphatic carbocycles. The van der Waals surface area contributed by atoms with E-state index in [1.807, 2.05) is 13.8 Å². The first kappa shape index (κ1) is 18.1. The number of aryl methyl sites for hydroxylation is 1. The van der Waals surface area contributed by atoms with E-state index < -0.39 is 17.8 Å². The molecule has 0 radical (unpaired) electrons. The Morgan fingerprint density at radius 3 is 2.45 bits per heavy atom. The van der Waals surface area contributed by atoms with Crippen LogP contribution in [0.15, 0.2) is 18.2 Å². The molecule has 0 saturated heterocycles. The Labute approximate surface area is 129 Å². The fraction of sp³-hybridized carbons (Fsp3) is 0.500. The van der Waals surface area contributed by atoms with E-state index in [1.165, 1.54) is 6.07 Å². The van der Waals surface area contributed by atoms with Crippen molar-refractivity contribution >= 4 is 11.8 Å². The van der Waals surface area contributed by atoms with Crippen molar-refractivity contribution in [3.63, 3.8) is 0 Å². The highest BCUT2D eigenvalue weighted by atomic mass is 19.1. The van der Waals surface area contributed by atoms with Crippen molar-refractivity contribution in [3.05, 3.63) is 35.1 Å². The Kier molecular flexibility index (Phi) is 6.98. The first-order valence-corrected chi connectivity index (χ1v) is 7.30. The summed E-state index contributed by atoms with van der Waals surface area (Å²) in [5.41, 5.74) is 0.720. The summed E-state index contributed by atoms with van der Waals surface area (Å²) in [6.07, 6.45) is -0.639. The number of rotatable bonds is 7. The number of halogens is 1. The summed E-state index contributed by atoms with van der Waals surface area (Å²) in [6.45, 7) is 5.78. The molecule has 6 heteroatoms. The summed E-state index contributed by atoms with van der Waals surface area (Å²) in [5, 5.41) is 14.8. The Morgan fingerprint density at radius 2 is 1.86 bits per heavy atom. The molecule has 1 aromatic carbocycles. The molecule has 122 valence electrons. The van der Waals surface area contributed by atoms with Crippen molar-refractivity contribution in [1.29, 1.82) is 0 Å². The van der Waals surface area contributed by atoms with Crippen LogP contribution in [0.1, 0.15) is 36.2 Å². The lowest BCUT2D eigenvalue weighted by Gasteiger charge is -2.14. The lowest BCUT2D eigenvalue weighted by atomic mass is 10.0. The fourth-order valence-corrected chi connectivity index (χ4v) is 1.71. The Bertz CT molecular complexity index is 532. The Hall–Kier alpha value is -1.95. The minimum absolute atomic E-state index is 0.0156. The van der Waals surface area contributed by atoms with Gasteiger partial charge in [-0.1, -0.05) is 19.9 Å². The molecule has 1 aromatic rings. The molecule has 2 amide bonds. The van der Waals surface area contributed by atoms with Crippen LogP contribution in [0.4, 0.5) is 4.39 Å². The molecule has 1 unspecified atom stereocenters. The topological polar surface area (TPSA) is 78.4 Å². The van der Waals surface area contributed by atoms with Crippen molar-refractivity contribution in [2.24, 2.45) is 5.92 Å². The van der Waals surface area contributed by atoms with Gasteiger partial charge in [0.1, 0.15) is 5.82 Å². The smallest absolute Gasteiger partial charge is 0.251 e. The molecule has 0 aliphatic heterocycles. The van der Waals surface area contributed by atoms with E-state index in [-0.39, 0.29) is 36.9 Å². The SMILES string of the molecule is Cc1ccc(C(=O)NCCNC(=O)CC(O)C(C)C)cc1F. The number of hydrogen-bond acceptors (Lipinski definition) is 3. The highest BCUT2D eigenvalue weighted by Gasteiger charge is 2.14. The van der Waals surface area contributed by atoms with Gasteiger partial charge in [0.05, 0.1) is 12.5 Å². The molecule has 3 N–H and O–H groups in total. The predicted molar refractivity (Wildman–Crippen MR) is 81.9 cm³/mol. The lowest BCUT2D eigenvalue weighted by molar-refractivity contribution is -0.123. The second-order valence-electron chi connectivity index (χ2n) is 5.59. The predicted octanol–water partition coefficient (Wildman–Crippen LogP) is 1.39.